The fourth-order valence-corrected chi connectivity index (χ4v) is 24.4. The molecule has 20 atom stereocenters. The van der Waals surface area contributed by atoms with Crippen molar-refractivity contribution in [3.8, 4) is 23.0 Å². The molecule has 24 bridgehead atoms. The van der Waals surface area contributed by atoms with Crippen LogP contribution in [-0.4, -0.2) is 187 Å². The van der Waals surface area contributed by atoms with Crippen LogP contribution in [0.2, 0.25) is 0 Å². The summed E-state index contributed by atoms with van der Waals surface area (Å²) in [6.45, 7) is 26.9. The van der Waals surface area contributed by atoms with Crippen molar-refractivity contribution in [1.29, 1.82) is 0 Å². The van der Waals surface area contributed by atoms with Gasteiger partial charge in [0.05, 0.1) is 35.8 Å². The van der Waals surface area contributed by atoms with Crippen LogP contribution in [0.3, 0.4) is 0 Å². The van der Waals surface area contributed by atoms with Crippen molar-refractivity contribution in [1.82, 2.24) is 19.6 Å². The normalized spacial score (nSPS) is 34.3. The summed E-state index contributed by atoms with van der Waals surface area (Å²) in [6, 6.07) is 26.3. The van der Waals surface area contributed by atoms with Crippen molar-refractivity contribution in [3.05, 3.63) is 97.1 Å². The van der Waals surface area contributed by atoms with E-state index in [9.17, 15) is 58.8 Å². The first-order chi connectivity index (χ1) is 57.9. The summed E-state index contributed by atoms with van der Waals surface area (Å²) in [5.41, 5.74) is 2.39. The molecule has 0 saturated heterocycles. The molecule has 4 aromatic carbocycles. The van der Waals surface area contributed by atoms with Crippen molar-refractivity contribution in [2.75, 3.05) is 60.7 Å². The molecule has 8 fully saturated rings. The van der Waals surface area contributed by atoms with E-state index in [-0.39, 0.29) is 182 Å². The van der Waals surface area contributed by atoms with Gasteiger partial charge in [-0.2, -0.15) is 0 Å². The molecule has 0 unspecified atom stereocenters. The van der Waals surface area contributed by atoms with Crippen molar-refractivity contribution in [2.45, 2.75) is 261 Å². The Labute approximate surface area is 720 Å². The standard InChI is InChI=1S/C96H134N10O16/c1-55(2)103-49-83(111)97-63-17-25-69(26-18-63)121-70-27-19-64(20-28-70)98-84(112)50-104(56(3)4)88(116)38-16-60(10)74-34-36-76-92-78(48-82(110)96(74,76)14)94(12)42-40-68(44-62(94)46-80(92)108)102-120-54-90(118)106(58(7)8)52-86(114)100-66-23-31-72(32-24-66)122-71-29-21-65(22-30-71)99-85(113)51-105(57(5)6)89(117)53-119-101-67-39-41-93(11)61(43-67)45-79(107)91-75-35-33-73(59(9)15-37-87(103)115)95(75,13)81(109)47-77(91)93/h17-32,55-62,73-82,91-92,107-110H,15-16,33-54H2,1-14H3,(H,97,111)(H,98,112)(H,99,113)(H,100,114)/t59-,60-,61+,62+,73-,74-,75+,76+,77+,78+,79-,80-,81+,82+,91+,92+,93+,94+,95-,96-/m1/s1. The average molecular weight is 1680 g/mol. The smallest absolute Gasteiger partial charge is 0.264 e. The van der Waals surface area contributed by atoms with E-state index in [0.717, 1.165) is 49.9 Å². The number of hydrogen-bond donors (Lipinski definition) is 8. The van der Waals surface area contributed by atoms with E-state index in [0.29, 0.717) is 110 Å². The highest BCUT2D eigenvalue weighted by molar-refractivity contribution is 5.97. The molecule has 0 spiro atoms. The summed E-state index contributed by atoms with van der Waals surface area (Å²) in [7, 11) is 0. The van der Waals surface area contributed by atoms with Gasteiger partial charge in [0.2, 0.25) is 35.4 Å². The maximum absolute atomic E-state index is 14.2. The quantitative estimate of drug-likeness (QED) is 0.0941. The van der Waals surface area contributed by atoms with E-state index < -0.39 is 58.9 Å². The zero-order valence-electron chi connectivity index (χ0n) is 74.1. The van der Waals surface area contributed by atoms with Crippen molar-refractivity contribution < 1.29 is 77.9 Å². The number of hydrogen-bond acceptors (Lipinski definition) is 18. The SMILES string of the molecule is CC(C)N1CC(=O)Nc2ccc(cc2)Oc2ccc(cc2)NC(=O)CN(C(C)C)C(=O)CC[C@@H](C)[C@H]2CC[C@H]3[C@@H]4[C@H](O)C[C@@H]5CC(=NOCC(=O)N(C(C)C)CC(=O)Nc6ccc(cc6)Oc6ccc(cc6)NC(=O)CN(C(C)C)C(=O)CON=C6CC[C@@]7(C)[C@@H](C6)C[C@@H](O)[C@@H]6[C@@H]7C[C@H](O)[C@]7(C)[C@H](CC[C@@H]67)[C@H](C)CCC1=O)CC[C@]5(C)[C@H]4C[C@H](O)[C@]23C. The Morgan fingerprint density at radius 1 is 0.369 bits per heavy atom. The molecule has 8 N–H and O–H groups in total. The maximum atomic E-state index is 14.2. The van der Waals surface area contributed by atoms with Crippen LogP contribution in [0.5, 0.6) is 23.0 Å². The van der Waals surface area contributed by atoms with Gasteiger partial charge in [-0.15, -0.1) is 0 Å². The summed E-state index contributed by atoms with van der Waals surface area (Å²) >= 11 is 0. The summed E-state index contributed by atoms with van der Waals surface area (Å²) in [4.78, 5) is 128. The van der Waals surface area contributed by atoms with Gasteiger partial charge >= 0.3 is 0 Å². The number of carbonyl (C=O) groups is 8. The molecule has 664 valence electrons. The zero-order valence-corrected chi connectivity index (χ0v) is 74.1. The highest BCUT2D eigenvalue weighted by Gasteiger charge is 2.68. The van der Waals surface area contributed by atoms with E-state index in [4.69, 9.17) is 19.1 Å². The second-order valence-corrected chi connectivity index (χ2v) is 39.5. The van der Waals surface area contributed by atoms with Gasteiger partial charge < -0.3 is 80.4 Å². The molecule has 30 rings (SSSR count). The van der Waals surface area contributed by atoms with Crippen LogP contribution in [0.4, 0.5) is 22.7 Å². The third-order valence-corrected chi connectivity index (χ3v) is 31.2. The lowest BCUT2D eigenvalue weighted by Crippen LogP contribution is -2.62. The van der Waals surface area contributed by atoms with Crippen LogP contribution in [0.1, 0.15) is 213 Å². The number of anilines is 4. The number of carbonyl (C=O) groups excluding carboxylic acids is 8. The Kier molecular flexibility index (Phi) is 28.1. The van der Waals surface area contributed by atoms with E-state index >= 15 is 0 Å². The van der Waals surface area contributed by atoms with Gasteiger partial charge in [-0.25, -0.2) is 0 Å². The minimum atomic E-state index is -0.609. The molecule has 18 aliphatic heterocycles. The van der Waals surface area contributed by atoms with E-state index in [1.807, 2.05) is 55.4 Å². The lowest BCUT2D eigenvalue weighted by atomic mass is 9.43. The number of aliphatic hydroxyl groups is 4. The van der Waals surface area contributed by atoms with Gasteiger partial charge in [-0.1, -0.05) is 51.9 Å². The number of benzene rings is 4. The fourth-order valence-electron chi connectivity index (χ4n) is 24.4. The molecular formula is C96H134N10O16. The number of amides is 8. The molecule has 18 heterocycles. The molecule has 26 aliphatic rings. The van der Waals surface area contributed by atoms with Crippen LogP contribution in [0.15, 0.2) is 107 Å². The minimum absolute atomic E-state index is 0.000930. The van der Waals surface area contributed by atoms with Gasteiger partial charge in [0.25, 0.3) is 11.8 Å². The first-order valence-corrected chi connectivity index (χ1v) is 45.2. The largest absolute Gasteiger partial charge is 0.457 e. The Bertz CT molecular complexity index is 4190. The molecule has 0 aromatic heterocycles. The zero-order chi connectivity index (χ0) is 87.6. The molecule has 4 aromatic rings. The Morgan fingerprint density at radius 3 is 0.934 bits per heavy atom. The van der Waals surface area contributed by atoms with Gasteiger partial charge in [0.1, 0.15) is 49.2 Å². The molecule has 26 nitrogen and oxygen atoms in total. The van der Waals surface area contributed by atoms with E-state index in [1.165, 1.54) is 9.80 Å². The predicted molar refractivity (Wildman–Crippen MR) is 467 cm³/mol. The topological polar surface area (TPSA) is 340 Å². The van der Waals surface area contributed by atoms with Gasteiger partial charge in [0, 0.05) is 59.8 Å². The van der Waals surface area contributed by atoms with Crippen LogP contribution in [0, 0.1) is 92.7 Å². The Balaban J connectivity index is 0.648. The second kappa shape index (κ2) is 37.8. The monoisotopic (exact) mass is 1680 g/mol. The van der Waals surface area contributed by atoms with Crippen molar-refractivity contribution in [3.63, 3.8) is 0 Å². The number of nitrogens with one attached hydrogen (secondary N) is 4. The first-order valence-electron chi connectivity index (χ1n) is 45.2. The Morgan fingerprint density at radius 2 is 0.648 bits per heavy atom. The molecule has 8 aliphatic carbocycles. The molecule has 122 heavy (non-hydrogen) atoms. The predicted octanol–water partition coefficient (Wildman–Crippen LogP) is 14.5. The molecule has 8 saturated carbocycles. The van der Waals surface area contributed by atoms with E-state index in [2.05, 4.69) is 73.1 Å². The highest BCUT2D eigenvalue weighted by atomic mass is 16.6. The fraction of sp³-hybridized carbons (Fsp3) is 0.646. The van der Waals surface area contributed by atoms with Gasteiger partial charge in [-0.05, 0) is 348 Å². The first kappa shape index (κ1) is 90.7. The van der Waals surface area contributed by atoms with Crippen molar-refractivity contribution in [2.24, 2.45) is 103 Å². The summed E-state index contributed by atoms with van der Waals surface area (Å²) in [5, 5.41) is 70.3. The van der Waals surface area contributed by atoms with Gasteiger partial charge in [-0.3, -0.25) is 38.4 Å². The van der Waals surface area contributed by atoms with E-state index in [1.54, 1.807) is 107 Å². The molecule has 8 amide bonds. The lowest BCUT2D eigenvalue weighted by molar-refractivity contribution is -0.196. The number of oxime groups is 2. The Hall–Kier alpha value is -8.98. The summed E-state index contributed by atoms with van der Waals surface area (Å²) < 4.78 is 12.3. The third kappa shape index (κ3) is 19.4. The molecular weight excluding hydrogens is 1550 g/mol. The van der Waals surface area contributed by atoms with Gasteiger partial charge in [0.15, 0.2) is 13.2 Å². The van der Waals surface area contributed by atoms with Crippen LogP contribution >= 0.6 is 0 Å². The van der Waals surface area contributed by atoms with Crippen LogP contribution in [-0.2, 0) is 48.0 Å². The highest BCUT2D eigenvalue weighted by Crippen LogP contribution is 2.70. The van der Waals surface area contributed by atoms with Crippen molar-refractivity contribution >= 4 is 81.4 Å². The average Bonchev–Trinajstić information content (AvgIpc) is 1.42. The van der Waals surface area contributed by atoms with Crippen LogP contribution in [0.25, 0.3) is 0 Å². The lowest BCUT2D eigenvalue weighted by Gasteiger charge is -2.63. The number of ether oxygens (including phenoxy) is 2. The number of nitrogens with zero attached hydrogens (tertiary/aromatic N) is 6. The maximum Gasteiger partial charge on any atom is 0.264 e. The summed E-state index contributed by atoms with van der Waals surface area (Å²) in [6.07, 6.45) is 9.16. The van der Waals surface area contributed by atoms with Crippen LogP contribution < -0.4 is 30.7 Å². The second-order valence-electron chi connectivity index (χ2n) is 39.5. The summed E-state index contributed by atoms with van der Waals surface area (Å²) in [5.74, 6) is 0.366. The number of aliphatic hydroxyl groups excluding tert-OH is 4. The third-order valence-electron chi connectivity index (χ3n) is 31.2. The minimum Gasteiger partial charge on any atom is -0.457 e. The number of rotatable bonds is 4. The molecule has 0 radical (unpaired) electrons. The molecule has 26 heteroatoms.